The molecule has 1 aliphatic rings. The molecule has 1 aromatic heterocycles. The number of carbonyl (C=O) groups excluding carboxylic acids is 3. The molecular formula is C24H29Cl2N5O3. The minimum Gasteiger partial charge on any atom is -0.348 e. The highest BCUT2D eigenvalue weighted by molar-refractivity contribution is 6.31. The number of Topliss-reactive ketones (excluding diaryl/α,β-unsaturated/α-hetero) is 1. The van der Waals surface area contributed by atoms with Crippen LogP contribution in [0.1, 0.15) is 39.0 Å². The van der Waals surface area contributed by atoms with Gasteiger partial charge in [-0.1, -0.05) is 50.0 Å². The van der Waals surface area contributed by atoms with Gasteiger partial charge < -0.3 is 5.32 Å². The van der Waals surface area contributed by atoms with Gasteiger partial charge in [0.25, 0.3) is 0 Å². The van der Waals surface area contributed by atoms with Crippen molar-refractivity contribution in [2.75, 3.05) is 11.9 Å². The molecule has 2 aromatic rings. The highest BCUT2D eigenvalue weighted by atomic mass is 35.5. The van der Waals surface area contributed by atoms with Crippen LogP contribution in [0.5, 0.6) is 0 Å². The predicted octanol–water partition coefficient (Wildman–Crippen LogP) is 5.15. The summed E-state index contributed by atoms with van der Waals surface area (Å²) in [5.41, 5.74) is 2.26. The fraction of sp³-hybridized carbons (Fsp3) is 0.417. The summed E-state index contributed by atoms with van der Waals surface area (Å²) in [4.78, 5) is 44.7. The number of nitrogens with zero attached hydrogens (tertiary/aromatic N) is 3. The summed E-state index contributed by atoms with van der Waals surface area (Å²) in [5.74, 6) is -0.137. The number of carbonyl (C=O) groups is 3. The fourth-order valence-corrected chi connectivity index (χ4v) is 3.91. The van der Waals surface area contributed by atoms with Gasteiger partial charge in [-0.2, -0.15) is 0 Å². The van der Waals surface area contributed by atoms with Crippen LogP contribution in [0.3, 0.4) is 0 Å². The van der Waals surface area contributed by atoms with Crippen molar-refractivity contribution in [3.63, 3.8) is 0 Å². The molecule has 182 valence electrons. The number of hydrogen-bond acceptors (Lipinski definition) is 5. The number of halogens is 2. The summed E-state index contributed by atoms with van der Waals surface area (Å²) in [6, 6.07) is 7.85. The smallest absolute Gasteiger partial charge is 0.331 e. The minimum atomic E-state index is -0.853. The van der Waals surface area contributed by atoms with E-state index in [-0.39, 0.29) is 18.9 Å². The van der Waals surface area contributed by atoms with Crippen LogP contribution in [0.2, 0.25) is 10.0 Å². The first kappa shape index (κ1) is 25.8. The highest BCUT2D eigenvalue weighted by Crippen LogP contribution is 2.25. The lowest BCUT2D eigenvalue weighted by molar-refractivity contribution is -0.120. The summed E-state index contributed by atoms with van der Waals surface area (Å²) in [7, 11) is 0. The van der Waals surface area contributed by atoms with E-state index in [1.54, 1.807) is 25.1 Å². The summed E-state index contributed by atoms with van der Waals surface area (Å²) in [5, 5.41) is 7.08. The molecular weight excluding hydrogens is 477 g/mol. The highest BCUT2D eigenvalue weighted by Gasteiger charge is 2.39. The van der Waals surface area contributed by atoms with Crippen molar-refractivity contribution < 1.29 is 14.4 Å². The summed E-state index contributed by atoms with van der Waals surface area (Å²) < 4.78 is 0. The maximum atomic E-state index is 13.4. The van der Waals surface area contributed by atoms with Crippen molar-refractivity contribution in [3.8, 4) is 0 Å². The molecule has 4 amide bonds. The molecule has 0 radical (unpaired) electrons. The third-order valence-electron chi connectivity index (χ3n) is 5.55. The monoisotopic (exact) mass is 505 g/mol. The molecule has 0 aliphatic carbocycles. The molecule has 2 atom stereocenters. The van der Waals surface area contributed by atoms with Gasteiger partial charge in [0.15, 0.2) is 6.29 Å². The van der Waals surface area contributed by atoms with Crippen LogP contribution < -0.4 is 10.6 Å². The second kappa shape index (κ2) is 11.1. The Hall–Kier alpha value is -2.84. The quantitative estimate of drug-likeness (QED) is 0.490. The van der Waals surface area contributed by atoms with E-state index in [1.165, 1.54) is 18.0 Å². The maximum Gasteiger partial charge on any atom is 0.331 e. The molecule has 3 rings (SSSR count). The average molecular weight is 506 g/mol. The summed E-state index contributed by atoms with van der Waals surface area (Å²) in [6.07, 6.45) is 1.48. The molecule has 0 saturated carbocycles. The Morgan fingerprint density at radius 3 is 2.50 bits per heavy atom. The van der Waals surface area contributed by atoms with Crippen LogP contribution in [0.15, 0.2) is 36.5 Å². The van der Waals surface area contributed by atoms with E-state index in [9.17, 15) is 14.4 Å². The molecule has 1 aliphatic heterocycles. The van der Waals surface area contributed by atoms with E-state index >= 15 is 0 Å². The van der Waals surface area contributed by atoms with Gasteiger partial charge in [0.1, 0.15) is 5.78 Å². The number of ketones is 1. The van der Waals surface area contributed by atoms with Crippen molar-refractivity contribution in [1.29, 1.82) is 0 Å². The van der Waals surface area contributed by atoms with E-state index in [1.807, 2.05) is 12.1 Å². The number of amides is 4. The zero-order valence-corrected chi connectivity index (χ0v) is 21.2. The van der Waals surface area contributed by atoms with E-state index in [2.05, 4.69) is 29.5 Å². The molecule has 0 bridgehead atoms. The number of anilines is 1. The number of nitrogens with one attached hydrogen (secondary N) is 2. The third kappa shape index (κ3) is 6.39. The van der Waals surface area contributed by atoms with Gasteiger partial charge in [0.05, 0.1) is 17.3 Å². The average Bonchev–Trinajstić information content (AvgIpc) is 2.76. The van der Waals surface area contributed by atoms with E-state index in [0.717, 1.165) is 16.9 Å². The lowest BCUT2D eigenvalue weighted by Gasteiger charge is -2.41. The SMILES string of the molecule is CC(=O)[C@@H](C)CN1C(=O)NC(Nc2ccc(CC(C)C)c(Cl)c2)N(Cc2ccc(Cl)cn2)C1=O. The maximum absolute atomic E-state index is 13.4. The van der Waals surface area contributed by atoms with E-state index in [4.69, 9.17) is 23.2 Å². The van der Waals surface area contributed by atoms with E-state index < -0.39 is 24.3 Å². The first-order valence-corrected chi connectivity index (χ1v) is 11.8. The largest absolute Gasteiger partial charge is 0.348 e. The molecule has 2 N–H and O–H groups in total. The number of imide groups is 1. The number of pyridine rings is 1. The third-order valence-corrected chi connectivity index (χ3v) is 6.13. The van der Waals surface area contributed by atoms with E-state index in [0.29, 0.717) is 27.3 Å². The molecule has 34 heavy (non-hydrogen) atoms. The van der Waals surface area contributed by atoms with Crippen LogP contribution in [0, 0.1) is 11.8 Å². The normalized spacial score (nSPS) is 17.1. The Bertz CT molecular complexity index is 1060. The van der Waals surface area contributed by atoms with Crippen LogP contribution in [0.4, 0.5) is 15.3 Å². The number of rotatable bonds is 9. The van der Waals surface area contributed by atoms with Gasteiger partial charge in [0, 0.05) is 29.4 Å². The number of hydrogen-bond donors (Lipinski definition) is 2. The predicted molar refractivity (Wildman–Crippen MR) is 133 cm³/mol. The zero-order valence-electron chi connectivity index (χ0n) is 19.6. The van der Waals surface area contributed by atoms with Crippen molar-refractivity contribution in [2.45, 2.75) is 47.0 Å². The summed E-state index contributed by atoms with van der Waals surface area (Å²) in [6.45, 7) is 7.44. The molecule has 10 heteroatoms. The lowest BCUT2D eigenvalue weighted by Crippen LogP contribution is -2.67. The second-order valence-electron chi connectivity index (χ2n) is 8.90. The fourth-order valence-electron chi connectivity index (χ4n) is 3.54. The molecule has 0 spiro atoms. The van der Waals surface area contributed by atoms with Crippen LogP contribution in [0.25, 0.3) is 0 Å². The van der Waals surface area contributed by atoms with Gasteiger partial charge in [0.2, 0.25) is 0 Å². The van der Waals surface area contributed by atoms with Gasteiger partial charge in [-0.25, -0.2) is 14.5 Å². The molecule has 1 fully saturated rings. The first-order valence-electron chi connectivity index (χ1n) is 11.1. The van der Waals surface area contributed by atoms with Crippen molar-refractivity contribution in [3.05, 3.63) is 57.8 Å². The topological polar surface area (TPSA) is 94.6 Å². The first-order chi connectivity index (χ1) is 16.0. The van der Waals surface area contributed by atoms with Crippen LogP contribution in [-0.2, 0) is 17.8 Å². The molecule has 1 saturated heterocycles. The van der Waals surface area contributed by atoms with Crippen LogP contribution in [-0.4, -0.2) is 45.5 Å². The van der Waals surface area contributed by atoms with Gasteiger partial charge >= 0.3 is 12.1 Å². The molecule has 8 nitrogen and oxygen atoms in total. The standard InChI is InChI=1S/C24H29Cl2N5O3/c1-14(2)9-17-5-7-19(10-21(17)26)28-22-29-23(33)31(12-15(3)16(4)32)24(34)30(22)13-20-8-6-18(25)11-27-20/h5-8,10-11,14-15,22,28H,9,12-13H2,1-4H3,(H,29,33)/t15-,22?/m0/s1. The second-order valence-corrected chi connectivity index (χ2v) is 9.74. The number of urea groups is 2. The zero-order chi connectivity index (χ0) is 25.0. The van der Waals surface area contributed by atoms with Crippen molar-refractivity contribution in [1.82, 2.24) is 20.1 Å². The van der Waals surface area contributed by atoms with Crippen LogP contribution >= 0.6 is 23.2 Å². The lowest BCUT2D eigenvalue weighted by atomic mass is 10.0. The molecule has 1 aromatic carbocycles. The van der Waals surface area contributed by atoms with Gasteiger partial charge in [-0.3, -0.25) is 20.0 Å². The summed E-state index contributed by atoms with van der Waals surface area (Å²) >= 11 is 12.4. The molecule has 1 unspecified atom stereocenters. The van der Waals surface area contributed by atoms with Crippen molar-refractivity contribution >= 4 is 46.7 Å². The number of aromatic nitrogens is 1. The Labute approximate surface area is 209 Å². The van der Waals surface area contributed by atoms with Gasteiger partial charge in [-0.15, -0.1) is 0 Å². The number of benzene rings is 1. The van der Waals surface area contributed by atoms with Crippen molar-refractivity contribution in [2.24, 2.45) is 11.8 Å². The minimum absolute atomic E-state index is 0.0208. The Kier molecular flexibility index (Phi) is 8.38. The Morgan fingerprint density at radius 2 is 1.91 bits per heavy atom. The Morgan fingerprint density at radius 1 is 1.18 bits per heavy atom. The van der Waals surface area contributed by atoms with Gasteiger partial charge in [-0.05, 0) is 49.1 Å². The Balaban J connectivity index is 1.86. The molecule has 2 heterocycles.